The number of hydrogen-bond donors (Lipinski definition) is 2. The first-order chi connectivity index (χ1) is 14.5. The van der Waals surface area contributed by atoms with Crippen LogP contribution in [0.2, 0.25) is 0 Å². The number of hydrogen-bond acceptors (Lipinski definition) is 5. The van der Waals surface area contributed by atoms with Gasteiger partial charge in [0.25, 0.3) is 0 Å². The van der Waals surface area contributed by atoms with E-state index in [9.17, 15) is 26.4 Å². The van der Waals surface area contributed by atoms with Gasteiger partial charge in [-0.15, -0.1) is 0 Å². The second kappa shape index (κ2) is 10.4. The first-order valence-electron chi connectivity index (χ1n) is 9.28. The van der Waals surface area contributed by atoms with Crippen LogP contribution in [-0.2, 0) is 21.2 Å². The number of ether oxygens (including phenoxy) is 2. The largest absolute Gasteiger partial charge is 0.493 e. The maximum absolute atomic E-state index is 12.3. The summed E-state index contributed by atoms with van der Waals surface area (Å²) < 4.78 is 72.2. The van der Waals surface area contributed by atoms with Crippen molar-refractivity contribution < 1.29 is 35.9 Å². The molecule has 11 heteroatoms. The molecule has 0 saturated heterocycles. The molecule has 31 heavy (non-hydrogen) atoms. The van der Waals surface area contributed by atoms with Gasteiger partial charge in [0.15, 0.2) is 18.1 Å². The van der Waals surface area contributed by atoms with Gasteiger partial charge in [-0.2, -0.15) is 13.2 Å². The summed E-state index contributed by atoms with van der Waals surface area (Å²) in [5, 5.41) is 2.70. The van der Waals surface area contributed by atoms with E-state index in [1.54, 1.807) is 18.2 Å². The molecule has 0 aromatic heterocycles. The van der Waals surface area contributed by atoms with Crippen molar-refractivity contribution in [3.8, 4) is 11.5 Å². The van der Waals surface area contributed by atoms with E-state index in [1.807, 2.05) is 0 Å². The van der Waals surface area contributed by atoms with E-state index in [0.717, 1.165) is 0 Å². The molecule has 7 nitrogen and oxygen atoms in total. The minimum absolute atomic E-state index is 0.0354. The van der Waals surface area contributed by atoms with Crippen LogP contribution in [0.5, 0.6) is 11.5 Å². The van der Waals surface area contributed by atoms with Crippen LogP contribution in [0.25, 0.3) is 0 Å². The monoisotopic (exact) mass is 460 g/mol. The van der Waals surface area contributed by atoms with Gasteiger partial charge in [0.05, 0.1) is 12.9 Å². The van der Waals surface area contributed by atoms with Crippen molar-refractivity contribution in [3.05, 3.63) is 48.0 Å². The number of amides is 1. The number of carbonyl (C=O) groups excluding carboxylic acids is 1. The molecule has 0 radical (unpaired) electrons. The lowest BCUT2D eigenvalue weighted by atomic mass is 10.1. The maximum Gasteiger partial charge on any atom is 0.422 e. The van der Waals surface area contributed by atoms with Crippen molar-refractivity contribution in [2.45, 2.75) is 25.9 Å². The highest BCUT2D eigenvalue weighted by molar-refractivity contribution is 7.92. The number of rotatable bonds is 10. The van der Waals surface area contributed by atoms with Crippen LogP contribution in [0.15, 0.2) is 42.5 Å². The van der Waals surface area contributed by atoms with Crippen molar-refractivity contribution >= 4 is 27.3 Å². The number of halogens is 3. The number of anilines is 2. The predicted molar refractivity (Wildman–Crippen MR) is 111 cm³/mol. The Morgan fingerprint density at radius 2 is 1.68 bits per heavy atom. The van der Waals surface area contributed by atoms with Crippen LogP contribution in [0.4, 0.5) is 24.5 Å². The molecule has 2 aromatic rings. The van der Waals surface area contributed by atoms with Crippen LogP contribution < -0.4 is 19.5 Å². The summed E-state index contributed by atoms with van der Waals surface area (Å²) in [5.41, 5.74) is 1.58. The van der Waals surface area contributed by atoms with Gasteiger partial charge in [-0.25, -0.2) is 8.42 Å². The van der Waals surface area contributed by atoms with Crippen molar-refractivity contribution in [1.82, 2.24) is 0 Å². The Morgan fingerprint density at radius 3 is 2.26 bits per heavy atom. The van der Waals surface area contributed by atoms with Gasteiger partial charge < -0.3 is 14.8 Å². The zero-order valence-corrected chi connectivity index (χ0v) is 17.8. The number of carbonyl (C=O) groups is 1. The molecule has 0 aliphatic carbocycles. The molecule has 0 saturated carbocycles. The fourth-order valence-electron chi connectivity index (χ4n) is 2.50. The van der Waals surface area contributed by atoms with Gasteiger partial charge in [0.2, 0.25) is 15.9 Å². The SMILES string of the molecule is CCS(=O)(=O)Nc1ccc(NC(=O)CCc2ccc(OCC(F)(F)F)c(OC)c2)cc1. The Labute approximate surface area is 178 Å². The molecule has 1 amide bonds. The molecular weight excluding hydrogens is 437 g/mol. The van der Waals surface area contributed by atoms with Crippen molar-refractivity contribution in [2.24, 2.45) is 0 Å². The molecule has 2 aromatic carbocycles. The molecule has 0 aliphatic rings. The second-order valence-corrected chi connectivity index (χ2v) is 8.53. The molecule has 0 heterocycles. The minimum Gasteiger partial charge on any atom is -0.493 e. The van der Waals surface area contributed by atoms with Gasteiger partial charge in [-0.3, -0.25) is 9.52 Å². The molecule has 0 aliphatic heterocycles. The highest BCUT2D eigenvalue weighted by atomic mass is 32.2. The number of sulfonamides is 1. The summed E-state index contributed by atoms with van der Waals surface area (Å²) in [6.45, 7) is 0.0966. The normalized spacial score (nSPS) is 11.6. The minimum atomic E-state index is -4.46. The van der Waals surface area contributed by atoms with Gasteiger partial charge >= 0.3 is 6.18 Å². The summed E-state index contributed by atoms with van der Waals surface area (Å²) in [7, 11) is -2.06. The first-order valence-corrected chi connectivity index (χ1v) is 10.9. The van der Waals surface area contributed by atoms with E-state index < -0.39 is 22.8 Å². The highest BCUT2D eigenvalue weighted by Gasteiger charge is 2.29. The van der Waals surface area contributed by atoms with E-state index in [-0.39, 0.29) is 29.6 Å². The second-order valence-electron chi connectivity index (χ2n) is 6.52. The van der Waals surface area contributed by atoms with E-state index >= 15 is 0 Å². The molecule has 2 rings (SSSR count). The molecule has 0 atom stereocenters. The van der Waals surface area contributed by atoms with E-state index in [1.165, 1.54) is 38.3 Å². The molecular formula is C20H23F3N2O5S. The van der Waals surface area contributed by atoms with Gasteiger partial charge in [-0.1, -0.05) is 6.07 Å². The van der Waals surface area contributed by atoms with Crippen molar-refractivity contribution in [2.75, 3.05) is 29.5 Å². The van der Waals surface area contributed by atoms with Gasteiger partial charge in [-0.05, 0) is 55.3 Å². The fraction of sp³-hybridized carbons (Fsp3) is 0.350. The Balaban J connectivity index is 1.90. The van der Waals surface area contributed by atoms with Crippen molar-refractivity contribution in [3.63, 3.8) is 0 Å². The zero-order valence-electron chi connectivity index (χ0n) is 17.0. The molecule has 0 unspecified atom stereocenters. The first kappa shape index (κ1) is 24.3. The Kier molecular flexibility index (Phi) is 8.14. The lowest BCUT2D eigenvalue weighted by molar-refractivity contribution is -0.153. The number of benzene rings is 2. The van der Waals surface area contributed by atoms with Gasteiger partial charge in [0.1, 0.15) is 0 Å². The number of alkyl halides is 3. The predicted octanol–water partition coefficient (Wildman–Crippen LogP) is 3.97. The van der Waals surface area contributed by atoms with Gasteiger partial charge in [0, 0.05) is 17.8 Å². The zero-order chi connectivity index (χ0) is 23.1. The summed E-state index contributed by atoms with van der Waals surface area (Å²) >= 11 is 0. The smallest absolute Gasteiger partial charge is 0.422 e. The maximum atomic E-state index is 12.3. The quantitative estimate of drug-likeness (QED) is 0.560. The summed E-state index contributed by atoms with van der Waals surface area (Å²) in [6, 6.07) is 10.7. The van der Waals surface area contributed by atoms with Crippen LogP contribution in [0.1, 0.15) is 18.9 Å². The standard InChI is InChI=1S/C20H23F3N2O5S/c1-3-31(27,28)25-16-8-6-15(7-9-16)24-19(26)11-5-14-4-10-17(18(12-14)29-2)30-13-20(21,22)23/h4,6-10,12,25H,3,5,11,13H2,1-2H3,(H,24,26). The van der Waals surface area contributed by atoms with E-state index in [0.29, 0.717) is 23.4 Å². The molecule has 170 valence electrons. The summed E-state index contributed by atoms with van der Waals surface area (Å²) in [5.74, 6) is -0.219. The number of aryl methyl sites for hydroxylation is 1. The highest BCUT2D eigenvalue weighted by Crippen LogP contribution is 2.30. The summed E-state index contributed by atoms with van der Waals surface area (Å²) in [6.07, 6.45) is -4.01. The molecule has 0 bridgehead atoms. The lowest BCUT2D eigenvalue weighted by Crippen LogP contribution is -2.19. The molecule has 0 fully saturated rings. The third-order valence-electron chi connectivity index (χ3n) is 4.08. The number of methoxy groups -OCH3 is 1. The van der Waals surface area contributed by atoms with Crippen LogP contribution in [-0.4, -0.2) is 40.0 Å². The lowest BCUT2D eigenvalue weighted by Gasteiger charge is -2.13. The molecule has 0 spiro atoms. The van der Waals surface area contributed by atoms with E-state index in [2.05, 4.69) is 10.0 Å². The number of nitrogens with one attached hydrogen (secondary N) is 2. The Morgan fingerprint density at radius 1 is 1.03 bits per heavy atom. The Bertz CT molecular complexity index is 993. The van der Waals surface area contributed by atoms with Crippen molar-refractivity contribution in [1.29, 1.82) is 0 Å². The Hall–Kier alpha value is -2.95. The third kappa shape index (κ3) is 8.36. The average Bonchev–Trinajstić information content (AvgIpc) is 2.71. The fourth-order valence-corrected chi connectivity index (χ4v) is 3.14. The van der Waals surface area contributed by atoms with Crippen LogP contribution in [0.3, 0.4) is 0 Å². The van der Waals surface area contributed by atoms with Crippen LogP contribution >= 0.6 is 0 Å². The van der Waals surface area contributed by atoms with E-state index in [4.69, 9.17) is 9.47 Å². The molecule has 2 N–H and O–H groups in total. The topological polar surface area (TPSA) is 93.7 Å². The van der Waals surface area contributed by atoms with Crippen LogP contribution in [0, 0.1) is 0 Å². The summed E-state index contributed by atoms with van der Waals surface area (Å²) in [4.78, 5) is 12.2. The third-order valence-corrected chi connectivity index (χ3v) is 5.39. The average molecular weight is 460 g/mol.